The van der Waals surface area contributed by atoms with Gasteiger partial charge in [-0.25, -0.2) is 0 Å². The van der Waals surface area contributed by atoms with Crippen molar-refractivity contribution in [2.75, 3.05) is 6.61 Å². The van der Waals surface area contributed by atoms with Crippen molar-refractivity contribution in [3.8, 4) is 0 Å². The summed E-state index contributed by atoms with van der Waals surface area (Å²) in [4.78, 5) is 12.3. The minimum Gasteiger partial charge on any atom is -0.393 e. The molecule has 4 heteroatoms. The molecule has 0 saturated heterocycles. The molecule has 0 amide bonds. The number of carbonyl (C=O) groups excluding carboxylic acids is 1. The fraction of sp³-hybridized carbons (Fsp3) is 0.864. The molecule has 3 rings (SSSR count). The van der Waals surface area contributed by atoms with Gasteiger partial charge in [0, 0.05) is 5.92 Å². The first kappa shape index (κ1) is 20.0. The van der Waals surface area contributed by atoms with Gasteiger partial charge in [-0.1, -0.05) is 26.0 Å². The Bertz CT molecular complexity index is 570. The molecular formula is C22H36O4. The van der Waals surface area contributed by atoms with E-state index in [1.165, 1.54) is 5.57 Å². The maximum Gasteiger partial charge on any atom is 0.161 e. The van der Waals surface area contributed by atoms with Crippen LogP contribution >= 0.6 is 0 Å². The van der Waals surface area contributed by atoms with Gasteiger partial charge in [-0.3, -0.25) is 4.79 Å². The van der Waals surface area contributed by atoms with Crippen LogP contribution in [0.2, 0.25) is 0 Å². The molecule has 0 aromatic rings. The number of fused-ring (bicyclic) bond motifs is 3. The van der Waals surface area contributed by atoms with Crippen LogP contribution in [-0.4, -0.2) is 39.9 Å². The second kappa shape index (κ2) is 7.03. The molecule has 0 aromatic heterocycles. The van der Waals surface area contributed by atoms with Gasteiger partial charge in [0.2, 0.25) is 0 Å². The Morgan fingerprint density at radius 3 is 2.62 bits per heavy atom. The largest absolute Gasteiger partial charge is 0.393 e. The van der Waals surface area contributed by atoms with Crippen LogP contribution in [0.25, 0.3) is 0 Å². The van der Waals surface area contributed by atoms with Crippen molar-refractivity contribution in [2.24, 2.45) is 34.5 Å². The van der Waals surface area contributed by atoms with Crippen LogP contribution in [0, 0.1) is 34.5 Å². The summed E-state index contributed by atoms with van der Waals surface area (Å²) in [6.45, 7) is 10.2. The van der Waals surface area contributed by atoms with Gasteiger partial charge in [0.25, 0.3) is 0 Å². The Labute approximate surface area is 157 Å². The topological polar surface area (TPSA) is 77.8 Å². The highest BCUT2D eigenvalue weighted by molar-refractivity contribution is 5.83. The van der Waals surface area contributed by atoms with Crippen LogP contribution in [0.1, 0.15) is 65.7 Å². The van der Waals surface area contributed by atoms with Crippen molar-refractivity contribution >= 4 is 5.78 Å². The smallest absolute Gasteiger partial charge is 0.161 e. The van der Waals surface area contributed by atoms with E-state index in [0.717, 1.165) is 38.5 Å². The average Bonchev–Trinajstić information content (AvgIpc) is 2.92. The van der Waals surface area contributed by atoms with Crippen molar-refractivity contribution in [1.29, 1.82) is 0 Å². The lowest BCUT2D eigenvalue weighted by Crippen LogP contribution is -2.56. The number of hydrogen-bond acceptors (Lipinski definition) is 4. The highest BCUT2D eigenvalue weighted by Gasteiger charge is 2.62. The molecule has 3 N–H and O–H groups in total. The molecule has 0 aromatic carbocycles. The Hall–Kier alpha value is -0.710. The molecule has 3 fully saturated rings. The van der Waals surface area contributed by atoms with Gasteiger partial charge in [0.15, 0.2) is 5.78 Å². The first-order chi connectivity index (χ1) is 12.1. The Kier molecular flexibility index (Phi) is 5.42. The Morgan fingerprint density at radius 1 is 1.31 bits per heavy atom. The van der Waals surface area contributed by atoms with E-state index in [9.17, 15) is 20.1 Å². The van der Waals surface area contributed by atoms with Crippen molar-refractivity contribution in [3.05, 3.63) is 12.2 Å². The highest BCUT2D eigenvalue weighted by atomic mass is 16.3. The first-order valence-corrected chi connectivity index (χ1v) is 10.3. The number of Topliss-reactive ketones (excluding diaryl/α,β-unsaturated/α-hetero) is 1. The Morgan fingerprint density at radius 2 is 2.00 bits per heavy atom. The maximum atomic E-state index is 12.3. The van der Waals surface area contributed by atoms with Crippen LogP contribution in [-0.2, 0) is 4.79 Å². The zero-order valence-electron chi connectivity index (χ0n) is 16.6. The number of ketones is 1. The van der Waals surface area contributed by atoms with Crippen molar-refractivity contribution in [2.45, 2.75) is 77.9 Å². The molecule has 3 unspecified atom stereocenters. The summed E-state index contributed by atoms with van der Waals surface area (Å²) >= 11 is 0. The normalized spacial score (nSPS) is 46.5. The summed E-state index contributed by atoms with van der Waals surface area (Å²) < 4.78 is 0. The van der Waals surface area contributed by atoms with E-state index >= 15 is 0 Å². The summed E-state index contributed by atoms with van der Waals surface area (Å²) in [5, 5.41) is 30.4. The second-order valence-corrected chi connectivity index (χ2v) is 9.78. The van der Waals surface area contributed by atoms with Gasteiger partial charge in [-0.05, 0) is 80.5 Å². The number of allylic oxidation sites excluding steroid dienone is 1. The molecule has 0 heterocycles. The molecule has 4 nitrogen and oxygen atoms in total. The molecule has 3 saturated carbocycles. The average molecular weight is 365 g/mol. The summed E-state index contributed by atoms with van der Waals surface area (Å²) in [7, 11) is 0. The molecule has 3 aliphatic carbocycles. The van der Waals surface area contributed by atoms with E-state index in [-0.39, 0.29) is 41.2 Å². The minimum absolute atomic E-state index is 0.0577. The van der Waals surface area contributed by atoms with Gasteiger partial charge in [-0.15, -0.1) is 0 Å². The summed E-state index contributed by atoms with van der Waals surface area (Å²) in [5.74, 6) is 0.795. The molecule has 8 atom stereocenters. The monoisotopic (exact) mass is 364 g/mol. The van der Waals surface area contributed by atoms with Crippen LogP contribution in [0.15, 0.2) is 12.2 Å². The number of rotatable bonds is 5. The van der Waals surface area contributed by atoms with E-state index in [1.807, 2.05) is 6.92 Å². The predicted octanol–water partition coefficient (Wildman–Crippen LogP) is 3.09. The van der Waals surface area contributed by atoms with E-state index < -0.39 is 6.10 Å². The van der Waals surface area contributed by atoms with Crippen LogP contribution in [0.5, 0.6) is 0 Å². The molecule has 0 spiro atoms. The molecule has 3 aliphatic rings. The van der Waals surface area contributed by atoms with Crippen LogP contribution < -0.4 is 0 Å². The fourth-order valence-corrected chi connectivity index (χ4v) is 7.01. The quantitative estimate of drug-likeness (QED) is 0.655. The SMILES string of the molecule is C=C1CC[C@@H]2C([C@@H](O)C[C@@]3(C)C2CC[C@@H]3C(=O)CO)[C@@]1(C)CCC(C)O. The molecule has 0 bridgehead atoms. The lowest BCUT2D eigenvalue weighted by atomic mass is 9.46. The first-order valence-electron chi connectivity index (χ1n) is 10.3. The third-order valence-electron chi connectivity index (χ3n) is 8.40. The number of hydrogen-bond donors (Lipinski definition) is 3. The van der Waals surface area contributed by atoms with Crippen LogP contribution in [0.4, 0.5) is 0 Å². The molecule has 26 heavy (non-hydrogen) atoms. The van der Waals surface area contributed by atoms with Gasteiger partial charge in [0.05, 0.1) is 12.2 Å². The van der Waals surface area contributed by atoms with Crippen molar-refractivity contribution in [1.82, 2.24) is 0 Å². The predicted molar refractivity (Wildman–Crippen MR) is 101 cm³/mol. The zero-order valence-corrected chi connectivity index (χ0v) is 16.6. The van der Waals surface area contributed by atoms with E-state index in [4.69, 9.17) is 0 Å². The van der Waals surface area contributed by atoms with Crippen LogP contribution in [0.3, 0.4) is 0 Å². The van der Waals surface area contributed by atoms with Gasteiger partial charge < -0.3 is 15.3 Å². The van der Waals surface area contributed by atoms with Gasteiger partial charge in [0.1, 0.15) is 6.61 Å². The zero-order chi connectivity index (χ0) is 19.3. The maximum absolute atomic E-state index is 12.3. The highest BCUT2D eigenvalue weighted by Crippen LogP contribution is 2.66. The molecule has 0 aliphatic heterocycles. The summed E-state index contributed by atoms with van der Waals surface area (Å²) in [6, 6.07) is 0. The molecule has 0 radical (unpaired) electrons. The summed E-state index contributed by atoms with van der Waals surface area (Å²) in [5.41, 5.74) is 0.854. The molecular weight excluding hydrogens is 328 g/mol. The Balaban J connectivity index is 1.92. The minimum atomic E-state index is -0.454. The summed E-state index contributed by atoms with van der Waals surface area (Å²) in [6.07, 6.45) is 5.26. The molecule has 148 valence electrons. The lowest BCUT2D eigenvalue weighted by molar-refractivity contribution is -0.145. The third kappa shape index (κ3) is 2.98. The van der Waals surface area contributed by atoms with Gasteiger partial charge >= 0.3 is 0 Å². The van der Waals surface area contributed by atoms with E-state index in [0.29, 0.717) is 18.3 Å². The standard InChI is InChI=1S/C22H36O4/c1-13-5-6-15-16-7-8-17(19(26)12-23)22(16,4)11-18(25)20(15)21(13,3)10-9-14(2)24/h14-18,20,23-25H,1,5-12H2,2-4H3/t14?,15-,16?,17+,18-,20?,21-,22-/m0/s1. The second-order valence-electron chi connectivity index (χ2n) is 9.78. The third-order valence-corrected chi connectivity index (χ3v) is 8.40. The van der Waals surface area contributed by atoms with Crippen molar-refractivity contribution in [3.63, 3.8) is 0 Å². The number of carbonyl (C=O) groups is 1. The fourth-order valence-electron chi connectivity index (χ4n) is 7.01. The van der Waals surface area contributed by atoms with Crippen molar-refractivity contribution < 1.29 is 20.1 Å². The number of aliphatic hydroxyl groups is 3. The number of aliphatic hydroxyl groups excluding tert-OH is 3. The van der Waals surface area contributed by atoms with E-state index in [2.05, 4.69) is 20.4 Å². The van der Waals surface area contributed by atoms with Gasteiger partial charge in [-0.2, -0.15) is 0 Å². The van der Waals surface area contributed by atoms with E-state index in [1.54, 1.807) is 0 Å². The lowest BCUT2D eigenvalue weighted by Gasteiger charge is -2.59.